The van der Waals surface area contributed by atoms with Crippen LogP contribution in [-0.2, 0) is 4.79 Å². The minimum atomic E-state index is -0.987. The summed E-state index contributed by atoms with van der Waals surface area (Å²) in [6.07, 6.45) is 1.42. The highest BCUT2D eigenvalue weighted by Gasteiger charge is 2.27. The van der Waals surface area contributed by atoms with Gasteiger partial charge in [0.15, 0.2) is 11.6 Å². The van der Waals surface area contributed by atoms with Crippen LogP contribution in [-0.4, -0.2) is 25.7 Å². The van der Waals surface area contributed by atoms with E-state index < -0.39 is 17.7 Å². The van der Waals surface area contributed by atoms with Gasteiger partial charge < -0.3 is 4.57 Å². The number of carbonyl (C=O) groups is 1. The van der Waals surface area contributed by atoms with Gasteiger partial charge in [0.2, 0.25) is 11.0 Å². The number of imidazole rings is 1. The highest BCUT2D eigenvalue weighted by Crippen LogP contribution is 2.29. The van der Waals surface area contributed by atoms with Gasteiger partial charge in [-0.15, -0.1) is 10.2 Å². The number of aromatic nitrogens is 4. The molecule has 6 nitrogen and oxygen atoms in total. The molecular formula is C20H17F2N5OS. The van der Waals surface area contributed by atoms with Gasteiger partial charge in [0.05, 0.1) is 17.4 Å². The number of nitrogens with one attached hydrogen (secondary N) is 1. The van der Waals surface area contributed by atoms with Crippen molar-refractivity contribution in [1.82, 2.24) is 19.7 Å². The van der Waals surface area contributed by atoms with Crippen LogP contribution in [0.25, 0.3) is 21.6 Å². The molecule has 1 atom stereocenters. The number of carbonyl (C=O) groups excluding carboxylic acids is 1. The average Bonchev–Trinajstić information content (AvgIpc) is 3.31. The molecule has 0 saturated heterocycles. The number of amides is 1. The number of halogens is 2. The first-order chi connectivity index (χ1) is 13.9. The maximum Gasteiger partial charge on any atom is 0.249 e. The van der Waals surface area contributed by atoms with Crippen LogP contribution in [0.15, 0.2) is 48.8 Å². The van der Waals surface area contributed by atoms with Gasteiger partial charge in [-0.3, -0.25) is 10.1 Å². The summed E-state index contributed by atoms with van der Waals surface area (Å²) in [6.45, 7) is 3.73. The number of benzene rings is 2. The predicted molar refractivity (Wildman–Crippen MR) is 107 cm³/mol. The Hall–Kier alpha value is -3.20. The molecule has 0 bridgehead atoms. The van der Waals surface area contributed by atoms with Crippen molar-refractivity contribution in [3.8, 4) is 10.6 Å². The number of hydrogen-bond acceptors (Lipinski definition) is 5. The molecule has 2 aromatic carbocycles. The molecule has 2 aromatic heterocycles. The molecule has 0 spiro atoms. The van der Waals surface area contributed by atoms with Crippen LogP contribution in [0, 0.1) is 17.6 Å². The fraction of sp³-hybridized carbons (Fsp3) is 0.200. The molecule has 29 heavy (non-hydrogen) atoms. The Labute approximate surface area is 169 Å². The van der Waals surface area contributed by atoms with Crippen molar-refractivity contribution >= 4 is 33.4 Å². The van der Waals surface area contributed by atoms with Gasteiger partial charge in [-0.1, -0.05) is 55.5 Å². The second kappa shape index (κ2) is 7.67. The molecular weight excluding hydrogens is 396 g/mol. The van der Waals surface area contributed by atoms with Gasteiger partial charge in [-0.25, -0.2) is 13.8 Å². The molecule has 0 aliphatic rings. The highest BCUT2D eigenvalue weighted by atomic mass is 32.1. The highest BCUT2D eigenvalue weighted by molar-refractivity contribution is 7.18. The van der Waals surface area contributed by atoms with E-state index in [1.807, 2.05) is 44.2 Å². The lowest BCUT2D eigenvalue weighted by atomic mass is 10.0. The molecule has 4 aromatic rings. The summed E-state index contributed by atoms with van der Waals surface area (Å²) in [4.78, 5) is 17.1. The second-order valence-corrected chi connectivity index (χ2v) is 7.84. The monoisotopic (exact) mass is 413 g/mol. The Morgan fingerprint density at radius 1 is 1.10 bits per heavy atom. The average molecular weight is 413 g/mol. The van der Waals surface area contributed by atoms with Crippen LogP contribution < -0.4 is 5.32 Å². The summed E-state index contributed by atoms with van der Waals surface area (Å²) in [7, 11) is 0. The number of anilines is 1. The summed E-state index contributed by atoms with van der Waals surface area (Å²) < 4.78 is 28.8. The molecule has 0 aliphatic carbocycles. The zero-order valence-corrected chi connectivity index (χ0v) is 16.5. The van der Waals surface area contributed by atoms with Gasteiger partial charge in [0.25, 0.3) is 0 Å². The van der Waals surface area contributed by atoms with Crippen LogP contribution in [0.2, 0.25) is 0 Å². The lowest BCUT2D eigenvalue weighted by Gasteiger charge is -2.21. The minimum absolute atomic E-state index is 0.137. The number of nitrogens with zero attached hydrogens (tertiary/aromatic N) is 4. The first-order valence-electron chi connectivity index (χ1n) is 8.95. The standard InChI is InChI=1S/C20H17F2N5OS/c1-11(2)17(27-10-23-15-8-13(21)14(22)9-16(15)27)18(28)24-20-26-25-19(29-20)12-6-4-3-5-7-12/h3-11,17H,1-2H3,(H,24,26,28). The van der Waals surface area contributed by atoms with E-state index in [0.717, 1.165) is 17.7 Å². The number of hydrogen-bond donors (Lipinski definition) is 1. The number of fused-ring (bicyclic) bond motifs is 1. The SMILES string of the molecule is CC(C)C(C(=O)Nc1nnc(-c2ccccc2)s1)n1cnc2cc(F)c(F)cc21. The lowest BCUT2D eigenvalue weighted by molar-refractivity contribution is -0.120. The molecule has 0 aliphatic heterocycles. The quantitative estimate of drug-likeness (QED) is 0.516. The molecule has 0 radical (unpaired) electrons. The van der Waals surface area contributed by atoms with E-state index in [1.54, 1.807) is 4.57 Å². The van der Waals surface area contributed by atoms with Crippen molar-refractivity contribution in [2.75, 3.05) is 5.32 Å². The zero-order valence-electron chi connectivity index (χ0n) is 15.6. The van der Waals surface area contributed by atoms with Crippen molar-refractivity contribution in [2.24, 2.45) is 5.92 Å². The van der Waals surface area contributed by atoms with Crippen LogP contribution in [0.4, 0.5) is 13.9 Å². The van der Waals surface area contributed by atoms with Crippen molar-refractivity contribution in [1.29, 1.82) is 0 Å². The summed E-state index contributed by atoms with van der Waals surface area (Å²) in [5, 5.41) is 12.0. The van der Waals surface area contributed by atoms with Crippen LogP contribution >= 0.6 is 11.3 Å². The summed E-state index contributed by atoms with van der Waals surface area (Å²) in [6, 6.07) is 10.9. The topological polar surface area (TPSA) is 72.7 Å². The fourth-order valence-electron chi connectivity index (χ4n) is 3.15. The Bertz CT molecular complexity index is 1170. The van der Waals surface area contributed by atoms with E-state index in [9.17, 15) is 13.6 Å². The van der Waals surface area contributed by atoms with E-state index in [0.29, 0.717) is 15.7 Å². The maximum atomic E-state index is 13.7. The second-order valence-electron chi connectivity index (χ2n) is 6.86. The number of rotatable bonds is 5. The van der Waals surface area contributed by atoms with Crippen LogP contribution in [0.5, 0.6) is 0 Å². The van der Waals surface area contributed by atoms with Gasteiger partial charge in [0.1, 0.15) is 11.0 Å². The molecule has 4 rings (SSSR count). The Morgan fingerprint density at radius 3 is 2.55 bits per heavy atom. The van der Waals surface area contributed by atoms with E-state index in [-0.39, 0.29) is 17.3 Å². The maximum absolute atomic E-state index is 13.7. The molecule has 1 unspecified atom stereocenters. The Kier molecular flexibility index (Phi) is 5.06. The molecule has 2 heterocycles. The summed E-state index contributed by atoms with van der Waals surface area (Å²) in [5.74, 6) is -2.43. The summed E-state index contributed by atoms with van der Waals surface area (Å²) in [5.41, 5.74) is 1.54. The van der Waals surface area contributed by atoms with Gasteiger partial charge in [-0.05, 0) is 5.92 Å². The predicted octanol–water partition coefficient (Wildman–Crippen LogP) is 4.67. The fourth-order valence-corrected chi connectivity index (χ4v) is 3.90. The third-order valence-electron chi connectivity index (χ3n) is 4.49. The van der Waals surface area contributed by atoms with Gasteiger partial charge in [-0.2, -0.15) is 0 Å². The minimum Gasteiger partial charge on any atom is -0.318 e. The normalized spacial score (nSPS) is 12.4. The van der Waals surface area contributed by atoms with Crippen molar-refractivity contribution in [2.45, 2.75) is 19.9 Å². The first kappa shape index (κ1) is 19.1. The van der Waals surface area contributed by atoms with Crippen LogP contribution in [0.3, 0.4) is 0 Å². The van der Waals surface area contributed by atoms with Gasteiger partial charge in [0, 0.05) is 17.7 Å². The molecule has 0 fully saturated rings. The van der Waals surface area contributed by atoms with Crippen molar-refractivity contribution in [3.63, 3.8) is 0 Å². The summed E-state index contributed by atoms with van der Waals surface area (Å²) >= 11 is 1.26. The van der Waals surface area contributed by atoms with Gasteiger partial charge >= 0.3 is 0 Å². The van der Waals surface area contributed by atoms with E-state index in [1.165, 1.54) is 17.7 Å². The smallest absolute Gasteiger partial charge is 0.249 e. The lowest BCUT2D eigenvalue weighted by Crippen LogP contribution is -2.29. The Morgan fingerprint density at radius 2 is 1.83 bits per heavy atom. The first-order valence-corrected chi connectivity index (χ1v) is 9.77. The largest absolute Gasteiger partial charge is 0.318 e. The van der Waals surface area contributed by atoms with E-state index in [2.05, 4.69) is 20.5 Å². The van der Waals surface area contributed by atoms with Crippen molar-refractivity contribution in [3.05, 3.63) is 60.4 Å². The molecule has 1 N–H and O–H groups in total. The molecule has 9 heteroatoms. The van der Waals surface area contributed by atoms with Crippen LogP contribution in [0.1, 0.15) is 19.9 Å². The third kappa shape index (κ3) is 3.73. The van der Waals surface area contributed by atoms with Crippen molar-refractivity contribution < 1.29 is 13.6 Å². The van der Waals surface area contributed by atoms with E-state index in [4.69, 9.17) is 0 Å². The zero-order chi connectivity index (χ0) is 20.5. The Balaban J connectivity index is 1.62. The third-order valence-corrected chi connectivity index (χ3v) is 5.38. The molecule has 0 saturated carbocycles. The molecule has 1 amide bonds. The van der Waals surface area contributed by atoms with E-state index >= 15 is 0 Å². The molecule has 148 valence electrons.